The molecule has 0 radical (unpaired) electrons. The van der Waals surface area contributed by atoms with Gasteiger partial charge >= 0.3 is 6.03 Å². The molecular formula is C28H33Cl2N7O3S. The van der Waals surface area contributed by atoms with Gasteiger partial charge in [0.1, 0.15) is 11.9 Å². The molecule has 218 valence electrons. The van der Waals surface area contributed by atoms with E-state index in [1.807, 2.05) is 29.6 Å². The summed E-state index contributed by atoms with van der Waals surface area (Å²) in [4.78, 5) is 47.8. The van der Waals surface area contributed by atoms with E-state index in [-0.39, 0.29) is 37.2 Å². The molecular weight excluding hydrogens is 585 g/mol. The highest BCUT2D eigenvalue weighted by Gasteiger charge is 2.30. The minimum atomic E-state index is -0.790. The number of thiophene rings is 1. The number of amides is 4. The molecule has 4 amide bonds. The molecule has 1 aliphatic heterocycles. The second-order valence-corrected chi connectivity index (χ2v) is 11.4. The van der Waals surface area contributed by atoms with Crippen LogP contribution in [0.2, 0.25) is 10.0 Å². The smallest absolute Gasteiger partial charge is 0.315 e. The second-order valence-electron chi connectivity index (χ2n) is 9.51. The van der Waals surface area contributed by atoms with Crippen LogP contribution in [0.3, 0.4) is 0 Å². The number of nitrogens with one attached hydrogen (secondary N) is 3. The van der Waals surface area contributed by atoms with Crippen LogP contribution in [0.1, 0.15) is 22.4 Å². The van der Waals surface area contributed by atoms with Crippen molar-refractivity contribution < 1.29 is 14.4 Å². The Hall–Kier alpha value is -3.38. The fourth-order valence-corrected chi connectivity index (χ4v) is 5.67. The van der Waals surface area contributed by atoms with Gasteiger partial charge in [0.2, 0.25) is 11.8 Å². The zero-order valence-electron chi connectivity index (χ0n) is 22.4. The number of carbonyl (C=O) groups is 3. The predicted molar refractivity (Wildman–Crippen MR) is 162 cm³/mol. The molecule has 0 bridgehead atoms. The van der Waals surface area contributed by atoms with Crippen molar-refractivity contribution in [1.29, 1.82) is 0 Å². The molecule has 5 N–H and O–H groups in total. The Morgan fingerprint density at radius 2 is 1.78 bits per heavy atom. The molecule has 0 unspecified atom stereocenters. The Morgan fingerprint density at radius 3 is 2.49 bits per heavy atom. The van der Waals surface area contributed by atoms with Crippen LogP contribution in [0.5, 0.6) is 0 Å². The monoisotopic (exact) mass is 617 g/mol. The number of anilines is 1. The van der Waals surface area contributed by atoms with Gasteiger partial charge in [-0.05, 0) is 35.2 Å². The number of urea groups is 1. The Labute approximate surface area is 253 Å². The van der Waals surface area contributed by atoms with Gasteiger partial charge in [0.15, 0.2) is 0 Å². The number of hydrogen-bond acceptors (Lipinski definition) is 7. The number of aromatic nitrogens is 1. The van der Waals surface area contributed by atoms with Crippen LogP contribution in [0, 0.1) is 0 Å². The second kappa shape index (κ2) is 15.0. The number of rotatable bonds is 11. The van der Waals surface area contributed by atoms with E-state index in [2.05, 4.69) is 25.8 Å². The van der Waals surface area contributed by atoms with E-state index in [1.165, 1.54) is 0 Å². The number of pyridine rings is 1. The van der Waals surface area contributed by atoms with Gasteiger partial charge in [0.25, 0.3) is 0 Å². The van der Waals surface area contributed by atoms with E-state index in [1.54, 1.807) is 40.6 Å². The van der Waals surface area contributed by atoms with Crippen molar-refractivity contribution in [3.63, 3.8) is 0 Å². The third-order valence-corrected chi connectivity index (χ3v) is 8.11. The van der Waals surface area contributed by atoms with E-state index < -0.39 is 6.04 Å². The quantitative estimate of drug-likeness (QED) is 0.261. The highest BCUT2D eigenvalue weighted by Crippen LogP contribution is 2.24. The summed E-state index contributed by atoms with van der Waals surface area (Å²) in [5.74, 6) is 0.282. The Morgan fingerprint density at radius 1 is 1.00 bits per heavy atom. The normalized spacial score (nSPS) is 13.9. The number of nitrogens with zero attached hydrogens (tertiary/aromatic N) is 3. The standard InChI is InChI=1S/C28H33Cl2N7O3S/c29-21-6-5-19(23(30)16-21)15-24(35-25(38)7-8-31)27(39)37-12-10-36(11-13-37)26-20(3-1-9-32-26)17-33-28(40)34-18-22-4-2-14-41-22/h1-6,9,14,16,24H,7-8,10-13,15,17-18,31H2,(H,35,38)(H2,33,34,40)/t24-/m1/s1. The van der Waals surface area contributed by atoms with Crippen LogP contribution in [0.15, 0.2) is 54.0 Å². The third-order valence-electron chi connectivity index (χ3n) is 6.64. The maximum atomic E-state index is 13.6. The minimum Gasteiger partial charge on any atom is -0.353 e. The summed E-state index contributed by atoms with van der Waals surface area (Å²) in [5.41, 5.74) is 7.14. The molecule has 1 aliphatic rings. The van der Waals surface area contributed by atoms with E-state index >= 15 is 0 Å². The lowest BCUT2D eigenvalue weighted by atomic mass is 10.0. The number of halogens is 2. The molecule has 1 atom stereocenters. The first kappa shape index (κ1) is 30.6. The van der Waals surface area contributed by atoms with Gasteiger partial charge in [-0.2, -0.15) is 0 Å². The van der Waals surface area contributed by atoms with Crippen LogP contribution in [0.4, 0.5) is 10.6 Å². The van der Waals surface area contributed by atoms with Crippen LogP contribution in [-0.2, 0) is 29.1 Å². The van der Waals surface area contributed by atoms with Crippen molar-refractivity contribution in [2.45, 2.75) is 32.0 Å². The van der Waals surface area contributed by atoms with Gasteiger partial charge in [-0.15, -0.1) is 11.3 Å². The fraction of sp³-hybridized carbons (Fsp3) is 0.357. The van der Waals surface area contributed by atoms with Crippen molar-refractivity contribution in [1.82, 2.24) is 25.8 Å². The van der Waals surface area contributed by atoms with E-state index in [0.717, 1.165) is 16.3 Å². The first-order chi connectivity index (χ1) is 19.8. The van der Waals surface area contributed by atoms with Crippen molar-refractivity contribution in [3.8, 4) is 0 Å². The Bertz CT molecular complexity index is 1330. The van der Waals surface area contributed by atoms with E-state index in [0.29, 0.717) is 54.9 Å². The zero-order chi connectivity index (χ0) is 29.2. The van der Waals surface area contributed by atoms with Crippen molar-refractivity contribution in [2.75, 3.05) is 37.6 Å². The molecule has 1 fully saturated rings. The Balaban J connectivity index is 1.36. The van der Waals surface area contributed by atoms with Gasteiger partial charge in [-0.3, -0.25) is 9.59 Å². The molecule has 1 aromatic carbocycles. The summed E-state index contributed by atoms with van der Waals surface area (Å²) < 4.78 is 0. The summed E-state index contributed by atoms with van der Waals surface area (Å²) >= 11 is 14.0. The molecule has 3 heterocycles. The molecule has 0 saturated carbocycles. The fourth-order valence-electron chi connectivity index (χ4n) is 4.54. The maximum Gasteiger partial charge on any atom is 0.315 e. The van der Waals surface area contributed by atoms with Crippen molar-refractivity contribution in [3.05, 3.63) is 80.1 Å². The van der Waals surface area contributed by atoms with Crippen molar-refractivity contribution >= 4 is 58.2 Å². The van der Waals surface area contributed by atoms with Crippen LogP contribution in [0.25, 0.3) is 0 Å². The Kier molecular flexibility index (Phi) is 11.2. The van der Waals surface area contributed by atoms with E-state index in [9.17, 15) is 14.4 Å². The largest absolute Gasteiger partial charge is 0.353 e. The summed E-state index contributed by atoms with van der Waals surface area (Å²) in [5, 5.41) is 11.5. The summed E-state index contributed by atoms with van der Waals surface area (Å²) in [6, 6.07) is 11.7. The summed E-state index contributed by atoms with van der Waals surface area (Å²) in [7, 11) is 0. The predicted octanol–water partition coefficient (Wildman–Crippen LogP) is 3.17. The highest BCUT2D eigenvalue weighted by atomic mass is 35.5. The lowest BCUT2D eigenvalue weighted by Gasteiger charge is -2.37. The van der Waals surface area contributed by atoms with Crippen LogP contribution in [-0.4, -0.2) is 66.5 Å². The molecule has 1 saturated heterocycles. The summed E-state index contributed by atoms with van der Waals surface area (Å²) in [6.45, 7) is 2.96. The molecule has 4 rings (SSSR count). The average Bonchev–Trinajstić information content (AvgIpc) is 3.50. The lowest BCUT2D eigenvalue weighted by Crippen LogP contribution is -2.56. The van der Waals surface area contributed by atoms with Gasteiger partial charge in [-0.1, -0.05) is 41.4 Å². The number of benzene rings is 1. The maximum absolute atomic E-state index is 13.6. The molecule has 2 aromatic heterocycles. The van der Waals surface area contributed by atoms with Gasteiger partial charge in [-0.25, -0.2) is 9.78 Å². The first-order valence-corrected chi connectivity index (χ1v) is 14.9. The SMILES string of the molecule is NCCC(=O)N[C@H](Cc1ccc(Cl)cc1Cl)C(=O)N1CCN(c2ncccc2CNC(=O)NCc2cccs2)CC1. The molecule has 3 aromatic rings. The first-order valence-electron chi connectivity index (χ1n) is 13.3. The average molecular weight is 619 g/mol. The van der Waals surface area contributed by atoms with Crippen LogP contribution < -0.4 is 26.6 Å². The van der Waals surface area contributed by atoms with Crippen LogP contribution >= 0.6 is 34.5 Å². The molecule has 0 spiro atoms. The molecule has 10 nitrogen and oxygen atoms in total. The number of carbonyl (C=O) groups excluding carboxylic acids is 3. The van der Waals surface area contributed by atoms with E-state index in [4.69, 9.17) is 28.9 Å². The van der Waals surface area contributed by atoms with Gasteiger partial charge in [0, 0.05) is 78.8 Å². The van der Waals surface area contributed by atoms with Gasteiger partial charge < -0.3 is 31.5 Å². The number of nitrogens with two attached hydrogens (primary N) is 1. The topological polar surface area (TPSA) is 133 Å². The zero-order valence-corrected chi connectivity index (χ0v) is 24.8. The number of piperazine rings is 1. The minimum absolute atomic E-state index is 0.119. The third kappa shape index (κ3) is 8.80. The molecule has 13 heteroatoms. The van der Waals surface area contributed by atoms with Crippen molar-refractivity contribution in [2.24, 2.45) is 5.73 Å². The number of hydrogen-bond donors (Lipinski definition) is 4. The summed E-state index contributed by atoms with van der Waals surface area (Å²) in [6.07, 6.45) is 2.07. The van der Waals surface area contributed by atoms with Gasteiger partial charge in [0.05, 0.1) is 6.54 Å². The lowest BCUT2D eigenvalue weighted by molar-refractivity contribution is -0.136. The molecule has 0 aliphatic carbocycles. The molecule has 41 heavy (non-hydrogen) atoms. The highest BCUT2D eigenvalue weighted by molar-refractivity contribution is 7.09.